The topological polar surface area (TPSA) is 68.2 Å². The fraction of sp³-hybridized carbons (Fsp3) is 0.357. The van der Waals surface area contributed by atoms with Crippen LogP contribution in [0.4, 0.5) is 0 Å². The first-order valence-corrected chi connectivity index (χ1v) is 6.43. The van der Waals surface area contributed by atoms with Crippen molar-refractivity contribution in [2.24, 2.45) is 11.1 Å². The van der Waals surface area contributed by atoms with E-state index >= 15 is 0 Å². The Balaban J connectivity index is 2.54. The number of nitrogens with zero attached hydrogens (tertiary/aromatic N) is 1. The Morgan fingerprint density at radius 3 is 2.74 bits per heavy atom. The number of hydrogen-bond acceptors (Lipinski definition) is 2. The molecule has 4 nitrogen and oxygen atoms in total. The Bertz CT molecular complexity index is 632. The third-order valence-electron chi connectivity index (χ3n) is 3.29. The lowest BCUT2D eigenvalue weighted by molar-refractivity contribution is -0.147. The number of carbonyl (C=O) groups is 1. The second-order valence-electron chi connectivity index (χ2n) is 5.34. The molecule has 0 amide bonds. The van der Waals surface area contributed by atoms with Crippen molar-refractivity contribution in [1.29, 1.82) is 0 Å². The van der Waals surface area contributed by atoms with E-state index < -0.39 is 11.4 Å². The van der Waals surface area contributed by atoms with Gasteiger partial charge >= 0.3 is 5.97 Å². The number of carboxylic acid groups (broad SMARTS) is 1. The van der Waals surface area contributed by atoms with Gasteiger partial charge in [0.25, 0.3) is 0 Å². The second kappa shape index (κ2) is 4.87. The van der Waals surface area contributed by atoms with E-state index in [1.807, 2.05) is 29.0 Å². The van der Waals surface area contributed by atoms with E-state index in [1.54, 1.807) is 13.8 Å². The summed E-state index contributed by atoms with van der Waals surface area (Å²) in [6.07, 6.45) is 1.91. The van der Waals surface area contributed by atoms with Crippen molar-refractivity contribution in [3.05, 3.63) is 35.0 Å². The lowest BCUT2D eigenvalue weighted by atomic mass is 9.94. The molecule has 2 rings (SSSR count). The largest absolute Gasteiger partial charge is 0.481 e. The number of carboxylic acids is 1. The van der Waals surface area contributed by atoms with Crippen LogP contribution in [0, 0.1) is 5.41 Å². The van der Waals surface area contributed by atoms with Gasteiger partial charge in [0.05, 0.1) is 5.41 Å². The molecule has 0 radical (unpaired) electrons. The van der Waals surface area contributed by atoms with Crippen LogP contribution in [0.25, 0.3) is 10.9 Å². The van der Waals surface area contributed by atoms with Gasteiger partial charge in [-0.1, -0.05) is 17.7 Å². The van der Waals surface area contributed by atoms with E-state index in [9.17, 15) is 9.90 Å². The zero-order valence-electron chi connectivity index (χ0n) is 11.0. The maximum atomic E-state index is 11.2. The summed E-state index contributed by atoms with van der Waals surface area (Å²) in [5, 5.41) is 10.9. The molecule has 1 aromatic carbocycles. The van der Waals surface area contributed by atoms with Crippen molar-refractivity contribution < 1.29 is 9.90 Å². The molecule has 0 saturated heterocycles. The fourth-order valence-electron chi connectivity index (χ4n) is 2.13. The van der Waals surface area contributed by atoms with Gasteiger partial charge in [0.15, 0.2) is 0 Å². The van der Waals surface area contributed by atoms with Gasteiger partial charge in [-0.2, -0.15) is 0 Å². The summed E-state index contributed by atoms with van der Waals surface area (Å²) in [5.41, 5.74) is 6.79. The number of fused-ring (bicyclic) bond motifs is 1. The molecule has 0 bridgehead atoms. The summed E-state index contributed by atoms with van der Waals surface area (Å²) in [5.74, 6) is -0.828. The standard InChI is InChI=1S/C14H17ClN2O2/c1-14(2,13(18)19)8-17-7-9(6-16)11-4-3-10(15)5-12(11)17/h3-5,7H,6,8,16H2,1-2H3,(H,18,19). The fourth-order valence-corrected chi connectivity index (χ4v) is 2.29. The number of hydrogen-bond donors (Lipinski definition) is 2. The second-order valence-corrected chi connectivity index (χ2v) is 5.77. The number of aromatic nitrogens is 1. The molecule has 0 aliphatic carbocycles. The summed E-state index contributed by atoms with van der Waals surface area (Å²) < 4.78 is 1.91. The number of benzene rings is 1. The summed E-state index contributed by atoms with van der Waals surface area (Å²) in [7, 11) is 0. The van der Waals surface area contributed by atoms with Gasteiger partial charge in [0, 0.05) is 35.2 Å². The van der Waals surface area contributed by atoms with Crippen molar-refractivity contribution in [2.45, 2.75) is 26.9 Å². The van der Waals surface area contributed by atoms with Gasteiger partial charge in [0.1, 0.15) is 0 Å². The third kappa shape index (κ3) is 2.60. The lowest BCUT2D eigenvalue weighted by Crippen LogP contribution is -2.28. The molecule has 0 spiro atoms. The highest BCUT2D eigenvalue weighted by Crippen LogP contribution is 2.28. The van der Waals surface area contributed by atoms with Gasteiger partial charge in [-0.3, -0.25) is 4.79 Å². The minimum Gasteiger partial charge on any atom is -0.481 e. The Labute approximate surface area is 116 Å². The van der Waals surface area contributed by atoms with Crippen LogP contribution < -0.4 is 5.73 Å². The quantitative estimate of drug-likeness (QED) is 0.905. The van der Waals surface area contributed by atoms with Crippen LogP contribution in [0.3, 0.4) is 0 Å². The average molecular weight is 281 g/mol. The number of rotatable bonds is 4. The molecule has 0 unspecified atom stereocenters. The highest BCUT2D eigenvalue weighted by molar-refractivity contribution is 6.31. The molecule has 0 fully saturated rings. The number of halogens is 1. The van der Waals surface area contributed by atoms with Gasteiger partial charge in [-0.15, -0.1) is 0 Å². The Morgan fingerprint density at radius 1 is 1.47 bits per heavy atom. The van der Waals surface area contributed by atoms with Crippen LogP contribution in [0.15, 0.2) is 24.4 Å². The van der Waals surface area contributed by atoms with Crippen molar-refractivity contribution in [1.82, 2.24) is 4.57 Å². The highest BCUT2D eigenvalue weighted by Gasteiger charge is 2.28. The summed E-state index contributed by atoms with van der Waals surface area (Å²) >= 11 is 6.02. The predicted octanol–water partition coefficient (Wildman–Crippen LogP) is 2.86. The number of aliphatic carboxylic acids is 1. The van der Waals surface area contributed by atoms with Crippen LogP contribution in [0.1, 0.15) is 19.4 Å². The molecule has 0 aliphatic rings. The van der Waals surface area contributed by atoms with Crippen LogP contribution >= 0.6 is 11.6 Å². The van der Waals surface area contributed by atoms with Gasteiger partial charge in [-0.05, 0) is 31.5 Å². The molecule has 19 heavy (non-hydrogen) atoms. The molecule has 102 valence electrons. The molecule has 5 heteroatoms. The molecule has 0 saturated carbocycles. The van der Waals surface area contributed by atoms with Gasteiger partial charge < -0.3 is 15.4 Å². The van der Waals surface area contributed by atoms with Crippen molar-refractivity contribution >= 4 is 28.5 Å². The van der Waals surface area contributed by atoms with Crippen LogP contribution in [0.2, 0.25) is 5.02 Å². The summed E-state index contributed by atoms with van der Waals surface area (Å²) in [4.78, 5) is 11.2. The van der Waals surface area contributed by atoms with E-state index in [4.69, 9.17) is 17.3 Å². The first-order chi connectivity index (χ1) is 8.85. The van der Waals surface area contributed by atoms with Crippen LogP contribution in [-0.4, -0.2) is 15.6 Å². The maximum Gasteiger partial charge on any atom is 0.310 e. The Morgan fingerprint density at radius 2 is 2.16 bits per heavy atom. The molecule has 2 aromatic rings. The zero-order valence-corrected chi connectivity index (χ0v) is 11.7. The van der Waals surface area contributed by atoms with E-state index in [-0.39, 0.29) is 0 Å². The first-order valence-electron chi connectivity index (χ1n) is 6.06. The lowest BCUT2D eigenvalue weighted by Gasteiger charge is -2.20. The van der Waals surface area contributed by atoms with E-state index in [2.05, 4.69) is 0 Å². The van der Waals surface area contributed by atoms with Crippen LogP contribution in [0.5, 0.6) is 0 Å². The Kier molecular flexibility index (Phi) is 3.56. The van der Waals surface area contributed by atoms with Crippen molar-refractivity contribution in [3.63, 3.8) is 0 Å². The molecule has 1 heterocycles. The first kappa shape index (κ1) is 13.9. The molecule has 3 N–H and O–H groups in total. The molecule has 0 aliphatic heterocycles. The molecular formula is C14H17ClN2O2. The minimum absolute atomic E-state index is 0.374. The van der Waals surface area contributed by atoms with E-state index in [0.717, 1.165) is 16.5 Å². The average Bonchev–Trinajstić information content (AvgIpc) is 2.66. The Hall–Kier alpha value is -1.52. The van der Waals surface area contributed by atoms with E-state index in [1.165, 1.54) is 0 Å². The molecule has 1 aromatic heterocycles. The predicted molar refractivity (Wildman–Crippen MR) is 76.3 cm³/mol. The number of nitrogens with two attached hydrogens (primary N) is 1. The zero-order chi connectivity index (χ0) is 14.2. The summed E-state index contributed by atoms with van der Waals surface area (Å²) in [6.45, 7) is 4.19. The molecular weight excluding hydrogens is 264 g/mol. The van der Waals surface area contributed by atoms with Gasteiger partial charge in [-0.25, -0.2) is 0 Å². The third-order valence-corrected chi connectivity index (χ3v) is 3.53. The van der Waals surface area contributed by atoms with Crippen LogP contribution in [-0.2, 0) is 17.9 Å². The van der Waals surface area contributed by atoms with E-state index in [0.29, 0.717) is 18.1 Å². The van der Waals surface area contributed by atoms with Crippen molar-refractivity contribution in [2.75, 3.05) is 0 Å². The molecule has 0 atom stereocenters. The van der Waals surface area contributed by atoms with Gasteiger partial charge in [0.2, 0.25) is 0 Å². The smallest absolute Gasteiger partial charge is 0.310 e. The monoisotopic (exact) mass is 280 g/mol. The summed E-state index contributed by atoms with van der Waals surface area (Å²) in [6, 6.07) is 5.58. The van der Waals surface area contributed by atoms with Crippen molar-refractivity contribution in [3.8, 4) is 0 Å². The highest BCUT2D eigenvalue weighted by atomic mass is 35.5. The maximum absolute atomic E-state index is 11.2. The SMILES string of the molecule is CC(C)(Cn1cc(CN)c2ccc(Cl)cc21)C(=O)O. The normalized spacial score (nSPS) is 12.0. The minimum atomic E-state index is -0.847.